The highest BCUT2D eigenvalue weighted by Crippen LogP contribution is 2.32. The SMILES string of the molecule is Cn1ccc(-c2cc(-c3ccc(F)cc3)ccc2NCCS(=O)(=O)F)n1. The van der Waals surface area contributed by atoms with E-state index in [1.165, 1.54) is 12.1 Å². The number of hydrogen-bond acceptors (Lipinski definition) is 4. The molecule has 0 aliphatic heterocycles. The highest BCUT2D eigenvalue weighted by atomic mass is 32.3. The quantitative estimate of drug-likeness (QED) is 0.667. The summed E-state index contributed by atoms with van der Waals surface area (Å²) in [5, 5.41) is 7.31. The van der Waals surface area contributed by atoms with Crippen LogP contribution >= 0.6 is 0 Å². The predicted octanol–water partition coefficient (Wildman–Crippen LogP) is 3.60. The van der Waals surface area contributed by atoms with Gasteiger partial charge in [0.1, 0.15) is 5.82 Å². The van der Waals surface area contributed by atoms with E-state index in [-0.39, 0.29) is 12.4 Å². The van der Waals surface area contributed by atoms with Crippen molar-refractivity contribution in [2.75, 3.05) is 17.6 Å². The van der Waals surface area contributed by atoms with E-state index < -0.39 is 16.0 Å². The Morgan fingerprint density at radius 1 is 1.08 bits per heavy atom. The van der Waals surface area contributed by atoms with Gasteiger partial charge in [-0.15, -0.1) is 3.89 Å². The molecule has 0 atom stereocenters. The lowest BCUT2D eigenvalue weighted by Crippen LogP contribution is -2.12. The molecule has 0 unspecified atom stereocenters. The predicted molar refractivity (Wildman–Crippen MR) is 97.4 cm³/mol. The van der Waals surface area contributed by atoms with Crippen molar-refractivity contribution in [1.82, 2.24) is 9.78 Å². The van der Waals surface area contributed by atoms with Crippen molar-refractivity contribution in [1.29, 1.82) is 0 Å². The highest BCUT2D eigenvalue weighted by Gasteiger charge is 2.12. The smallest absolute Gasteiger partial charge is 0.304 e. The maximum atomic E-state index is 13.1. The zero-order valence-electron chi connectivity index (χ0n) is 14.0. The third-order valence-electron chi connectivity index (χ3n) is 3.85. The molecule has 0 amide bonds. The molecular weight excluding hydrogens is 360 g/mol. The van der Waals surface area contributed by atoms with Crippen molar-refractivity contribution >= 4 is 15.9 Å². The number of rotatable bonds is 6. The molecule has 0 fully saturated rings. The van der Waals surface area contributed by atoms with E-state index in [1.807, 2.05) is 18.2 Å². The number of hydrogen-bond donors (Lipinski definition) is 1. The average Bonchev–Trinajstić information content (AvgIpc) is 3.01. The van der Waals surface area contributed by atoms with Gasteiger partial charge in [-0.1, -0.05) is 18.2 Å². The van der Waals surface area contributed by atoms with Crippen LogP contribution in [0.25, 0.3) is 22.4 Å². The summed E-state index contributed by atoms with van der Waals surface area (Å²) in [6.45, 7) is -0.0610. The molecule has 2 aromatic carbocycles. The lowest BCUT2D eigenvalue weighted by Gasteiger charge is -2.12. The van der Waals surface area contributed by atoms with Crippen LogP contribution in [0.4, 0.5) is 14.0 Å². The fraction of sp³-hybridized carbons (Fsp3) is 0.167. The second kappa shape index (κ2) is 7.25. The zero-order valence-corrected chi connectivity index (χ0v) is 14.8. The molecule has 136 valence electrons. The van der Waals surface area contributed by atoms with E-state index in [2.05, 4.69) is 10.4 Å². The van der Waals surface area contributed by atoms with Crippen LogP contribution in [0.2, 0.25) is 0 Å². The lowest BCUT2D eigenvalue weighted by atomic mass is 10.00. The molecule has 3 rings (SSSR count). The molecule has 26 heavy (non-hydrogen) atoms. The fourth-order valence-corrected chi connectivity index (χ4v) is 2.94. The van der Waals surface area contributed by atoms with E-state index in [0.717, 1.165) is 16.7 Å². The first-order valence-electron chi connectivity index (χ1n) is 7.88. The van der Waals surface area contributed by atoms with Crippen LogP contribution < -0.4 is 5.32 Å². The van der Waals surface area contributed by atoms with Gasteiger partial charge < -0.3 is 5.32 Å². The monoisotopic (exact) mass is 377 g/mol. The summed E-state index contributed by atoms with van der Waals surface area (Å²) >= 11 is 0. The van der Waals surface area contributed by atoms with Crippen molar-refractivity contribution in [3.63, 3.8) is 0 Å². The van der Waals surface area contributed by atoms with Crippen molar-refractivity contribution in [3.8, 4) is 22.4 Å². The van der Waals surface area contributed by atoms with E-state index in [4.69, 9.17) is 0 Å². The number of benzene rings is 2. The molecule has 0 aliphatic carbocycles. The summed E-state index contributed by atoms with van der Waals surface area (Å²) < 4.78 is 48.9. The second-order valence-electron chi connectivity index (χ2n) is 5.81. The van der Waals surface area contributed by atoms with Gasteiger partial charge in [0.05, 0.1) is 11.4 Å². The van der Waals surface area contributed by atoms with Gasteiger partial charge in [-0.3, -0.25) is 4.68 Å². The number of halogens is 2. The summed E-state index contributed by atoms with van der Waals surface area (Å²) in [5.41, 5.74) is 3.75. The van der Waals surface area contributed by atoms with E-state index >= 15 is 0 Å². The van der Waals surface area contributed by atoms with E-state index in [9.17, 15) is 16.7 Å². The molecule has 3 aromatic rings. The van der Waals surface area contributed by atoms with Gasteiger partial charge in [0.15, 0.2) is 0 Å². The van der Waals surface area contributed by atoms with Crippen LogP contribution in [0, 0.1) is 5.82 Å². The summed E-state index contributed by atoms with van der Waals surface area (Å²) in [4.78, 5) is 0. The maximum absolute atomic E-state index is 13.1. The summed E-state index contributed by atoms with van der Waals surface area (Å²) in [6.07, 6.45) is 1.79. The molecule has 0 saturated heterocycles. The van der Waals surface area contributed by atoms with Crippen LogP contribution in [0.3, 0.4) is 0 Å². The molecule has 1 N–H and O–H groups in total. The molecule has 1 heterocycles. The van der Waals surface area contributed by atoms with Gasteiger partial charge in [-0.05, 0) is 41.5 Å². The highest BCUT2D eigenvalue weighted by molar-refractivity contribution is 7.86. The summed E-state index contributed by atoms with van der Waals surface area (Å²) in [5.74, 6) is -0.932. The van der Waals surface area contributed by atoms with E-state index in [1.54, 1.807) is 36.1 Å². The Kier molecular flexibility index (Phi) is 5.03. The Hall–Kier alpha value is -2.74. The topological polar surface area (TPSA) is 64.0 Å². The van der Waals surface area contributed by atoms with Gasteiger partial charge in [-0.25, -0.2) is 4.39 Å². The van der Waals surface area contributed by atoms with Crippen molar-refractivity contribution < 1.29 is 16.7 Å². The standard InChI is InChI=1S/C18H17F2N3O2S/c1-23-10-8-18(22-23)16-12-14(13-2-5-15(19)6-3-13)4-7-17(16)21-9-11-26(20,24)25/h2-8,10,12,21H,9,11H2,1H3. The van der Waals surface area contributed by atoms with Crippen LogP contribution in [0.5, 0.6) is 0 Å². The largest absolute Gasteiger partial charge is 0.383 e. The van der Waals surface area contributed by atoms with E-state index in [0.29, 0.717) is 11.4 Å². The van der Waals surface area contributed by atoms with Crippen LogP contribution in [-0.4, -0.2) is 30.5 Å². The van der Waals surface area contributed by atoms with Crippen LogP contribution in [-0.2, 0) is 17.3 Å². The first-order chi connectivity index (χ1) is 12.3. The van der Waals surface area contributed by atoms with Gasteiger partial charge in [0.25, 0.3) is 0 Å². The molecular formula is C18H17F2N3O2S. The third kappa shape index (κ3) is 4.45. The Morgan fingerprint density at radius 2 is 1.77 bits per heavy atom. The van der Waals surface area contributed by atoms with Gasteiger partial charge in [0.2, 0.25) is 0 Å². The minimum Gasteiger partial charge on any atom is -0.383 e. The number of anilines is 1. The minimum absolute atomic E-state index is 0.0610. The lowest BCUT2D eigenvalue weighted by molar-refractivity contribution is 0.552. The molecule has 8 heteroatoms. The number of aryl methyl sites for hydroxylation is 1. The maximum Gasteiger partial charge on any atom is 0.304 e. The first-order valence-corrected chi connectivity index (χ1v) is 9.43. The fourth-order valence-electron chi connectivity index (χ4n) is 2.60. The second-order valence-corrected chi connectivity index (χ2v) is 7.30. The van der Waals surface area contributed by atoms with Gasteiger partial charge in [-0.2, -0.15) is 13.5 Å². The average molecular weight is 377 g/mol. The molecule has 5 nitrogen and oxygen atoms in total. The molecule has 0 spiro atoms. The molecule has 0 bridgehead atoms. The summed E-state index contributed by atoms with van der Waals surface area (Å²) in [6, 6.07) is 13.4. The van der Waals surface area contributed by atoms with Crippen molar-refractivity contribution in [2.45, 2.75) is 0 Å². The third-order valence-corrected chi connectivity index (χ3v) is 4.54. The summed E-state index contributed by atoms with van der Waals surface area (Å²) in [7, 11) is -2.75. The Balaban J connectivity index is 1.97. The normalized spacial score (nSPS) is 11.5. The Bertz CT molecular complexity index is 1020. The first kappa shape index (κ1) is 18.1. The molecule has 0 saturated carbocycles. The Labute approximate surface area is 150 Å². The molecule has 0 aliphatic rings. The number of aromatic nitrogens is 2. The van der Waals surface area contributed by atoms with Crippen molar-refractivity contribution in [2.24, 2.45) is 7.05 Å². The minimum atomic E-state index is -4.54. The molecule has 1 aromatic heterocycles. The van der Waals surface area contributed by atoms with Crippen molar-refractivity contribution in [3.05, 3.63) is 60.5 Å². The number of nitrogens with zero attached hydrogens (tertiary/aromatic N) is 2. The van der Waals surface area contributed by atoms with Crippen LogP contribution in [0.15, 0.2) is 54.7 Å². The van der Waals surface area contributed by atoms with Crippen LogP contribution in [0.1, 0.15) is 0 Å². The number of nitrogens with one attached hydrogen (secondary N) is 1. The van der Waals surface area contributed by atoms with Gasteiger partial charge in [0, 0.05) is 31.0 Å². The Morgan fingerprint density at radius 3 is 2.38 bits per heavy atom. The zero-order chi connectivity index (χ0) is 18.7. The van der Waals surface area contributed by atoms with Gasteiger partial charge >= 0.3 is 10.2 Å². The molecule has 0 radical (unpaired) electrons.